The molecule has 0 unspecified atom stereocenters. The minimum Gasteiger partial charge on any atom is -0.494 e. The summed E-state index contributed by atoms with van der Waals surface area (Å²) in [5, 5.41) is 3.76. The molecule has 22 heavy (non-hydrogen) atoms. The van der Waals surface area contributed by atoms with Crippen LogP contribution in [0.3, 0.4) is 0 Å². The predicted molar refractivity (Wildman–Crippen MR) is 83.3 cm³/mol. The van der Waals surface area contributed by atoms with E-state index >= 15 is 0 Å². The number of nitrogens with one attached hydrogen (secondary N) is 1. The van der Waals surface area contributed by atoms with E-state index in [9.17, 15) is 4.79 Å². The second kappa shape index (κ2) is 7.61. The van der Waals surface area contributed by atoms with E-state index in [1.165, 1.54) is 12.8 Å². The highest BCUT2D eigenvalue weighted by Gasteiger charge is 2.18. The Kier molecular flexibility index (Phi) is 5.55. The van der Waals surface area contributed by atoms with Crippen molar-refractivity contribution >= 4 is 5.91 Å². The summed E-state index contributed by atoms with van der Waals surface area (Å²) in [5.41, 5.74) is 3.73. The first kappa shape index (κ1) is 16.0. The van der Waals surface area contributed by atoms with Crippen LogP contribution in [-0.2, 0) is 0 Å². The van der Waals surface area contributed by atoms with Crippen LogP contribution < -0.4 is 16.0 Å². The normalized spacial score (nSPS) is 10.5. The highest BCUT2D eigenvalue weighted by molar-refractivity contribution is 5.94. The van der Waals surface area contributed by atoms with Crippen LogP contribution in [-0.4, -0.2) is 17.7 Å². The first-order valence-electron chi connectivity index (χ1n) is 7.37. The van der Waals surface area contributed by atoms with Gasteiger partial charge in [0.15, 0.2) is 11.5 Å². The fourth-order valence-electron chi connectivity index (χ4n) is 2.13. The summed E-state index contributed by atoms with van der Waals surface area (Å²) in [6, 6.07) is 7.53. The molecule has 0 radical (unpaired) electrons. The molecule has 0 saturated heterocycles. The zero-order chi connectivity index (χ0) is 15.9. The fraction of sp³-hybridized carbons (Fsp3) is 0.375. The van der Waals surface area contributed by atoms with E-state index in [2.05, 4.69) is 12.1 Å². The zero-order valence-electron chi connectivity index (χ0n) is 12.9. The number of amides is 1. The van der Waals surface area contributed by atoms with E-state index in [1.54, 1.807) is 6.92 Å². The molecule has 1 amide bonds. The lowest BCUT2D eigenvalue weighted by atomic mass is 10.1. The van der Waals surface area contributed by atoms with Crippen LogP contribution in [0.1, 0.15) is 42.2 Å². The van der Waals surface area contributed by atoms with E-state index < -0.39 is 5.91 Å². The third kappa shape index (κ3) is 3.65. The van der Waals surface area contributed by atoms with E-state index in [0.29, 0.717) is 11.3 Å². The van der Waals surface area contributed by atoms with Gasteiger partial charge in [-0.2, -0.15) is 0 Å². The number of hydrogen-bond acceptors (Lipinski definition) is 5. The van der Waals surface area contributed by atoms with Crippen LogP contribution in [0, 0.1) is 6.92 Å². The lowest BCUT2D eigenvalue weighted by Crippen LogP contribution is -2.30. The van der Waals surface area contributed by atoms with E-state index in [4.69, 9.17) is 15.1 Å². The average molecular weight is 303 g/mol. The van der Waals surface area contributed by atoms with Gasteiger partial charge in [0.05, 0.1) is 6.61 Å². The van der Waals surface area contributed by atoms with E-state index in [1.807, 2.05) is 29.7 Å². The van der Waals surface area contributed by atoms with Gasteiger partial charge < -0.3 is 9.26 Å². The van der Waals surface area contributed by atoms with Gasteiger partial charge in [0.1, 0.15) is 5.75 Å². The topological polar surface area (TPSA) is 90.4 Å². The van der Waals surface area contributed by atoms with Gasteiger partial charge in [0.25, 0.3) is 5.91 Å². The molecule has 118 valence electrons. The Morgan fingerprint density at radius 2 is 2.05 bits per heavy atom. The molecule has 2 aromatic rings. The van der Waals surface area contributed by atoms with Gasteiger partial charge in [-0.05, 0) is 37.6 Å². The lowest BCUT2D eigenvalue weighted by molar-refractivity contribution is 0.0944. The summed E-state index contributed by atoms with van der Waals surface area (Å²) in [6.07, 6.45) is 3.39. The summed E-state index contributed by atoms with van der Waals surface area (Å²) >= 11 is 0. The molecule has 3 N–H and O–H groups in total. The number of unbranched alkanes of at least 4 members (excludes halogenated alkanes) is 2. The molecule has 2 rings (SSSR count). The Morgan fingerprint density at radius 3 is 2.68 bits per heavy atom. The largest absolute Gasteiger partial charge is 0.494 e. The van der Waals surface area contributed by atoms with Gasteiger partial charge in [0.2, 0.25) is 0 Å². The molecular formula is C16H21N3O3. The molecule has 1 heterocycles. The van der Waals surface area contributed by atoms with Crippen LogP contribution >= 0.6 is 0 Å². The SMILES string of the molecule is CCCCCOc1ccc(-c2onc(C(=O)NN)c2C)cc1. The van der Waals surface area contributed by atoms with Crippen molar-refractivity contribution in [3.8, 4) is 17.1 Å². The number of nitrogens with zero attached hydrogens (tertiary/aromatic N) is 1. The molecule has 1 aromatic heterocycles. The average Bonchev–Trinajstić information content (AvgIpc) is 2.93. The Balaban J connectivity index is 2.07. The van der Waals surface area contributed by atoms with Crippen molar-refractivity contribution in [2.75, 3.05) is 6.61 Å². The predicted octanol–water partition coefficient (Wildman–Crippen LogP) is 2.82. The van der Waals surface area contributed by atoms with Crippen LogP contribution in [0.15, 0.2) is 28.8 Å². The summed E-state index contributed by atoms with van der Waals surface area (Å²) in [7, 11) is 0. The minimum absolute atomic E-state index is 0.192. The van der Waals surface area contributed by atoms with Crippen LogP contribution in [0.5, 0.6) is 5.75 Å². The van der Waals surface area contributed by atoms with Crippen molar-refractivity contribution in [1.82, 2.24) is 10.6 Å². The highest BCUT2D eigenvalue weighted by atomic mass is 16.5. The number of hydrazine groups is 1. The second-order valence-corrected chi connectivity index (χ2v) is 5.04. The van der Waals surface area contributed by atoms with Crippen LogP contribution in [0.4, 0.5) is 0 Å². The number of hydrogen-bond donors (Lipinski definition) is 2. The van der Waals surface area contributed by atoms with E-state index in [0.717, 1.165) is 24.3 Å². The number of nitrogens with two attached hydrogens (primary N) is 1. The van der Waals surface area contributed by atoms with Crippen molar-refractivity contribution in [3.63, 3.8) is 0 Å². The number of rotatable bonds is 7. The Labute approximate surface area is 129 Å². The minimum atomic E-state index is -0.469. The van der Waals surface area contributed by atoms with Gasteiger partial charge >= 0.3 is 0 Å². The standard InChI is InChI=1S/C16H21N3O3/c1-3-4-5-10-21-13-8-6-12(7-9-13)15-11(2)14(19-22-15)16(20)18-17/h6-9H,3-5,10,17H2,1-2H3,(H,18,20). The molecular weight excluding hydrogens is 282 g/mol. The third-order valence-electron chi connectivity index (χ3n) is 3.40. The smallest absolute Gasteiger partial charge is 0.287 e. The number of benzene rings is 1. The molecule has 1 aromatic carbocycles. The first-order chi connectivity index (χ1) is 10.7. The summed E-state index contributed by atoms with van der Waals surface area (Å²) in [6.45, 7) is 4.65. The Bertz CT molecular complexity index is 620. The maximum absolute atomic E-state index is 11.5. The number of carbonyl (C=O) groups is 1. The summed E-state index contributed by atoms with van der Waals surface area (Å²) in [4.78, 5) is 11.5. The van der Waals surface area contributed by atoms with E-state index in [-0.39, 0.29) is 5.69 Å². The van der Waals surface area contributed by atoms with Gasteiger partial charge in [-0.25, -0.2) is 5.84 Å². The van der Waals surface area contributed by atoms with Crippen molar-refractivity contribution in [3.05, 3.63) is 35.5 Å². The number of ether oxygens (including phenoxy) is 1. The molecule has 0 saturated carbocycles. The zero-order valence-corrected chi connectivity index (χ0v) is 12.9. The maximum Gasteiger partial charge on any atom is 0.287 e. The number of aromatic nitrogens is 1. The Morgan fingerprint density at radius 1 is 1.32 bits per heavy atom. The third-order valence-corrected chi connectivity index (χ3v) is 3.40. The number of nitrogen functional groups attached to an aromatic ring is 1. The van der Waals surface area contributed by atoms with Crippen LogP contribution in [0.2, 0.25) is 0 Å². The number of carbonyl (C=O) groups excluding carboxylic acids is 1. The first-order valence-corrected chi connectivity index (χ1v) is 7.37. The molecule has 0 aliphatic rings. The molecule has 0 bridgehead atoms. The van der Waals surface area contributed by atoms with Crippen molar-refractivity contribution < 1.29 is 14.1 Å². The molecule has 0 spiro atoms. The molecule has 0 aliphatic carbocycles. The quantitative estimate of drug-likeness (QED) is 0.355. The molecule has 6 heteroatoms. The fourth-order valence-corrected chi connectivity index (χ4v) is 2.13. The van der Waals surface area contributed by atoms with Crippen molar-refractivity contribution in [2.24, 2.45) is 5.84 Å². The van der Waals surface area contributed by atoms with Gasteiger partial charge in [-0.3, -0.25) is 10.2 Å². The van der Waals surface area contributed by atoms with Crippen LogP contribution in [0.25, 0.3) is 11.3 Å². The second-order valence-electron chi connectivity index (χ2n) is 5.04. The summed E-state index contributed by atoms with van der Waals surface area (Å²) in [5.74, 6) is 6.01. The highest BCUT2D eigenvalue weighted by Crippen LogP contribution is 2.27. The Hall–Kier alpha value is -2.34. The van der Waals surface area contributed by atoms with Gasteiger partial charge in [-0.15, -0.1) is 0 Å². The maximum atomic E-state index is 11.5. The van der Waals surface area contributed by atoms with Crippen molar-refractivity contribution in [2.45, 2.75) is 33.1 Å². The monoisotopic (exact) mass is 303 g/mol. The van der Waals surface area contributed by atoms with Gasteiger partial charge in [-0.1, -0.05) is 24.9 Å². The summed E-state index contributed by atoms with van der Waals surface area (Å²) < 4.78 is 10.9. The molecule has 0 aliphatic heterocycles. The van der Waals surface area contributed by atoms with Gasteiger partial charge in [0, 0.05) is 11.1 Å². The lowest BCUT2D eigenvalue weighted by Gasteiger charge is -2.06. The van der Waals surface area contributed by atoms with Crippen molar-refractivity contribution in [1.29, 1.82) is 0 Å². The molecule has 6 nitrogen and oxygen atoms in total. The molecule has 0 fully saturated rings. The molecule has 0 atom stereocenters.